The number of amides is 1. The molecule has 7 heteroatoms. The van der Waals surface area contributed by atoms with E-state index in [2.05, 4.69) is 10.3 Å². The summed E-state index contributed by atoms with van der Waals surface area (Å²) in [6, 6.07) is 1.95. The third kappa shape index (κ3) is 2.84. The normalized spacial score (nSPS) is 21.0. The SMILES string of the molecule is CCc1oc(C(=O)N2CC[C@@](O)(c3cn(C(C)C)nn3)C2)cc1C. The summed E-state index contributed by atoms with van der Waals surface area (Å²) in [6.45, 7) is 8.58. The van der Waals surface area contributed by atoms with E-state index >= 15 is 0 Å². The lowest BCUT2D eigenvalue weighted by Crippen LogP contribution is -2.34. The van der Waals surface area contributed by atoms with E-state index in [4.69, 9.17) is 4.42 Å². The number of hydrogen-bond donors (Lipinski definition) is 1. The summed E-state index contributed by atoms with van der Waals surface area (Å²) in [5.41, 5.74) is 0.337. The molecule has 1 N–H and O–H groups in total. The predicted octanol–water partition coefficient (Wildman–Crippen LogP) is 2.06. The molecule has 3 rings (SSSR count). The number of rotatable bonds is 4. The lowest BCUT2D eigenvalue weighted by Gasteiger charge is -2.20. The van der Waals surface area contributed by atoms with E-state index in [1.54, 1.807) is 21.8 Å². The lowest BCUT2D eigenvalue weighted by molar-refractivity contribution is 0.0372. The molecule has 0 aliphatic carbocycles. The first-order valence-electron chi connectivity index (χ1n) is 8.37. The van der Waals surface area contributed by atoms with Gasteiger partial charge in [0.05, 0.1) is 12.7 Å². The maximum atomic E-state index is 12.6. The van der Waals surface area contributed by atoms with Crippen LogP contribution in [-0.4, -0.2) is 44.0 Å². The molecule has 0 unspecified atom stereocenters. The van der Waals surface area contributed by atoms with Crippen molar-refractivity contribution in [3.05, 3.63) is 35.0 Å². The number of aromatic nitrogens is 3. The van der Waals surface area contributed by atoms with Gasteiger partial charge in [0.1, 0.15) is 17.1 Å². The topological polar surface area (TPSA) is 84.4 Å². The van der Waals surface area contributed by atoms with E-state index in [1.165, 1.54) is 0 Å². The van der Waals surface area contributed by atoms with Crippen molar-refractivity contribution in [2.24, 2.45) is 0 Å². The number of likely N-dealkylation sites (tertiary alicyclic amines) is 1. The van der Waals surface area contributed by atoms with Gasteiger partial charge in [0.2, 0.25) is 0 Å². The Morgan fingerprint density at radius 2 is 2.25 bits per heavy atom. The van der Waals surface area contributed by atoms with Gasteiger partial charge in [0.25, 0.3) is 5.91 Å². The van der Waals surface area contributed by atoms with Crippen LogP contribution in [0, 0.1) is 6.92 Å². The van der Waals surface area contributed by atoms with E-state index in [1.807, 2.05) is 27.7 Å². The van der Waals surface area contributed by atoms with Crippen LogP contribution in [0.4, 0.5) is 0 Å². The minimum absolute atomic E-state index is 0.174. The number of furan rings is 1. The molecule has 1 saturated heterocycles. The van der Waals surface area contributed by atoms with Gasteiger partial charge in [0, 0.05) is 25.4 Å². The number of aliphatic hydroxyl groups is 1. The molecule has 0 spiro atoms. The second-order valence-corrected chi connectivity index (χ2v) is 6.76. The molecule has 3 heterocycles. The quantitative estimate of drug-likeness (QED) is 0.926. The zero-order valence-electron chi connectivity index (χ0n) is 14.6. The van der Waals surface area contributed by atoms with Crippen LogP contribution in [0.15, 0.2) is 16.7 Å². The van der Waals surface area contributed by atoms with Crippen molar-refractivity contribution in [2.75, 3.05) is 13.1 Å². The van der Waals surface area contributed by atoms with Gasteiger partial charge in [-0.3, -0.25) is 4.79 Å². The summed E-state index contributed by atoms with van der Waals surface area (Å²) >= 11 is 0. The summed E-state index contributed by atoms with van der Waals surface area (Å²) in [6.07, 6.45) is 2.95. The van der Waals surface area contributed by atoms with Crippen molar-refractivity contribution < 1.29 is 14.3 Å². The second-order valence-electron chi connectivity index (χ2n) is 6.76. The van der Waals surface area contributed by atoms with Crippen molar-refractivity contribution in [3.8, 4) is 0 Å². The van der Waals surface area contributed by atoms with Crippen molar-refractivity contribution in [1.29, 1.82) is 0 Å². The molecular formula is C17H24N4O3. The predicted molar refractivity (Wildman–Crippen MR) is 87.6 cm³/mol. The molecule has 0 bridgehead atoms. The number of hydrogen-bond acceptors (Lipinski definition) is 5. The lowest BCUT2D eigenvalue weighted by atomic mass is 10.00. The highest BCUT2D eigenvalue weighted by atomic mass is 16.4. The average molecular weight is 332 g/mol. The maximum absolute atomic E-state index is 12.6. The third-order valence-electron chi connectivity index (χ3n) is 4.60. The Morgan fingerprint density at radius 1 is 1.50 bits per heavy atom. The zero-order valence-corrected chi connectivity index (χ0v) is 14.6. The molecular weight excluding hydrogens is 308 g/mol. The summed E-state index contributed by atoms with van der Waals surface area (Å²) in [7, 11) is 0. The Bertz CT molecular complexity index is 749. The highest BCUT2D eigenvalue weighted by Gasteiger charge is 2.42. The molecule has 2 aromatic rings. The van der Waals surface area contributed by atoms with Gasteiger partial charge in [0.15, 0.2) is 5.76 Å². The molecule has 24 heavy (non-hydrogen) atoms. The Hall–Kier alpha value is -2.15. The third-order valence-corrected chi connectivity index (χ3v) is 4.60. The molecule has 0 aromatic carbocycles. The number of nitrogens with zero attached hydrogens (tertiary/aromatic N) is 4. The molecule has 7 nitrogen and oxygen atoms in total. The van der Waals surface area contributed by atoms with E-state index in [9.17, 15) is 9.90 Å². The fourth-order valence-electron chi connectivity index (χ4n) is 3.05. The average Bonchev–Trinajstić information content (AvgIpc) is 3.24. The molecule has 0 radical (unpaired) electrons. The van der Waals surface area contributed by atoms with Crippen LogP contribution < -0.4 is 0 Å². The molecule has 1 aliphatic rings. The summed E-state index contributed by atoms with van der Waals surface area (Å²) in [4.78, 5) is 14.3. The smallest absolute Gasteiger partial charge is 0.289 e. The maximum Gasteiger partial charge on any atom is 0.289 e. The first-order valence-corrected chi connectivity index (χ1v) is 8.37. The van der Waals surface area contributed by atoms with Crippen LogP contribution >= 0.6 is 0 Å². The van der Waals surface area contributed by atoms with Crippen molar-refractivity contribution >= 4 is 5.91 Å². The summed E-state index contributed by atoms with van der Waals surface area (Å²) in [5.74, 6) is 0.970. The molecule has 1 atom stereocenters. The Kier molecular flexibility index (Phi) is 4.21. The van der Waals surface area contributed by atoms with Crippen LogP contribution in [0.2, 0.25) is 0 Å². The number of carbonyl (C=O) groups is 1. The fourth-order valence-corrected chi connectivity index (χ4v) is 3.05. The van der Waals surface area contributed by atoms with Crippen LogP contribution in [0.5, 0.6) is 0 Å². The van der Waals surface area contributed by atoms with E-state index in [-0.39, 0.29) is 18.5 Å². The zero-order chi connectivity index (χ0) is 17.5. The molecule has 1 fully saturated rings. The van der Waals surface area contributed by atoms with Crippen LogP contribution in [0.25, 0.3) is 0 Å². The van der Waals surface area contributed by atoms with Crippen molar-refractivity contribution in [3.63, 3.8) is 0 Å². The molecule has 1 aliphatic heterocycles. The van der Waals surface area contributed by atoms with E-state index in [0.29, 0.717) is 24.4 Å². The minimum atomic E-state index is -1.15. The van der Waals surface area contributed by atoms with Crippen molar-refractivity contribution in [2.45, 2.75) is 52.2 Å². The number of β-amino-alcohol motifs (C(OH)–C–C–N with tert-alkyl or cyclic N) is 1. The van der Waals surface area contributed by atoms with Gasteiger partial charge < -0.3 is 14.4 Å². The molecule has 130 valence electrons. The van der Waals surface area contributed by atoms with Gasteiger partial charge in [-0.15, -0.1) is 5.10 Å². The first-order chi connectivity index (χ1) is 11.3. The van der Waals surface area contributed by atoms with Crippen LogP contribution in [0.1, 0.15) is 60.8 Å². The van der Waals surface area contributed by atoms with Gasteiger partial charge >= 0.3 is 0 Å². The largest absolute Gasteiger partial charge is 0.456 e. The fraction of sp³-hybridized carbons (Fsp3) is 0.588. The summed E-state index contributed by atoms with van der Waals surface area (Å²) in [5, 5.41) is 19.0. The molecule has 1 amide bonds. The second kappa shape index (κ2) is 6.05. The van der Waals surface area contributed by atoms with Gasteiger partial charge in [-0.05, 0) is 32.4 Å². The first kappa shape index (κ1) is 16.7. The number of aryl methyl sites for hydroxylation is 2. The monoisotopic (exact) mass is 332 g/mol. The standard InChI is InChI=1S/C17H24N4O3/c1-5-13-12(4)8-14(24-13)16(22)20-7-6-17(23,10-20)15-9-21(11(2)3)19-18-15/h8-9,11,23H,5-7,10H2,1-4H3/t17-/m0/s1. The van der Waals surface area contributed by atoms with Crippen molar-refractivity contribution in [1.82, 2.24) is 19.9 Å². The Labute approximate surface area is 141 Å². The molecule has 0 saturated carbocycles. The van der Waals surface area contributed by atoms with E-state index < -0.39 is 5.60 Å². The highest BCUT2D eigenvalue weighted by molar-refractivity contribution is 5.92. The molecule has 2 aromatic heterocycles. The van der Waals surface area contributed by atoms with Gasteiger partial charge in [-0.1, -0.05) is 12.1 Å². The Morgan fingerprint density at radius 3 is 2.83 bits per heavy atom. The van der Waals surface area contributed by atoms with E-state index in [0.717, 1.165) is 17.7 Å². The van der Waals surface area contributed by atoms with Crippen LogP contribution in [-0.2, 0) is 12.0 Å². The van der Waals surface area contributed by atoms with Gasteiger partial charge in [-0.25, -0.2) is 4.68 Å². The van der Waals surface area contributed by atoms with Gasteiger partial charge in [-0.2, -0.15) is 0 Å². The van der Waals surface area contributed by atoms with Crippen LogP contribution in [0.3, 0.4) is 0 Å². The summed E-state index contributed by atoms with van der Waals surface area (Å²) < 4.78 is 7.35. The minimum Gasteiger partial charge on any atom is -0.456 e. The highest BCUT2D eigenvalue weighted by Crippen LogP contribution is 2.32. The Balaban J connectivity index is 1.76. The number of carbonyl (C=O) groups excluding carboxylic acids is 1.